The van der Waals surface area contributed by atoms with Gasteiger partial charge < -0.3 is 14.6 Å². The molecule has 1 aromatic heterocycles. The lowest BCUT2D eigenvalue weighted by molar-refractivity contribution is -0.116. The number of amides is 2. The first-order chi connectivity index (χ1) is 11.1. The molecule has 0 atom stereocenters. The topological polar surface area (TPSA) is 75.4 Å². The summed E-state index contributed by atoms with van der Waals surface area (Å²) in [6.45, 7) is 4.92. The Kier molecular flexibility index (Phi) is 5.91. The van der Waals surface area contributed by atoms with E-state index in [2.05, 4.69) is 10.3 Å². The molecule has 1 heterocycles. The van der Waals surface area contributed by atoms with Crippen molar-refractivity contribution in [2.45, 2.75) is 20.3 Å². The second kappa shape index (κ2) is 8.12. The van der Waals surface area contributed by atoms with E-state index in [1.54, 1.807) is 4.90 Å². The fraction of sp³-hybridized carbons (Fsp3) is 0.353. The molecule has 0 saturated carbocycles. The van der Waals surface area contributed by atoms with Gasteiger partial charge in [0.1, 0.15) is 0 Å². The summed E-state index contributed by atoms with van der Waals surface area (Å²) in [5, 5.41) is 2.81. The molecule has 0 bridgehead atoms. The Morgan fingerprint density at radius 3 is 2.61 bits per heavy atom. The Morgan fingerprint density at radius 1 is 1.26 bits per heavy atom. The van der Waals surface area contributed by atoms with Gasteiger partial charge >= 0.3 is 0 Å². The Hall–Kier alpha value is -2.63. The largest absolute Gasteiger partial charge is 0.438 e. The van der Waals surface area contributed by atoms with Crippen molar-refractivity contribution in [2.75, 3.05) is 18.4 Å². The lowest BCUT2D eigenvalue weighted by atomic mass is 10.2. The van der Waals surface area contributed by atoms with Crippen LogP contribution in [0.4, 0.5) is 5.69 Å². The van der Waals surface area contributed by atoms with E-state index in [0.29, 0.717) is 19.0 Å². The average Bonchev–Trinajstić information content (AvgIpc) is 3.05. The van der Waals surface area contributed by atoms with Gasteiger partial charge in [0, 0.05) is 25.2 Å². The highest BCUT2D eigenvalue weighted by Crippen LogP contribution is 2.09. The SMILES string of the molecule is CC(C)CN(CCC(=O)Nc1ccccc1)C(=O)c1cnco1. The molecule has 0 unspecified atom stereocenters. The molecule has 1 aromatic carbocycles. The number of rotatable bonds is 7. The van der Waals surface area contributed by atoms with Crippen molar-refractivity contribution >= 4 is 17.5 Å². The number of anilines is 1. The van der Waals surface area contributed by atoms with E-state index >= 15 is 0 Å². The van der Waals surface area contributed by atoms with E-state index in [-0.39, 0.29) is 24.0 Å². The van der Waals surface area contributed by atoms with Crippen LogP contribution in [-0.4, -0.2) is 34.8 Å². The minimum atomic E-state index is -0.247. The van der Waals surface area contributed by atoms with E-state index in [1.807, 2.05) is 44.2 Å². The summed E-state index contributed by atoms with van der Waals surface area (Å²) in [6.07, 6.45) is 2.84. The van der Waals surface area contributed by atoms with Crippen molar-refractivity contribution in [3.63, 3.8) is 0 Å². The van der Waals surface area contributed by atoms with Crippen molar-refractivity contribution in [3.8, 4) is 0 Å². The minimum Gasteiger partial charge on any atom is -0.438 e. The van der Waals surface area contributed by atoms with Gasteiger partial charge in [-0.1, -0.05) is 32.0 Å². The van der Waals surface area contributed by atoms with Gasteiger partial charge in [-0.15, -0.1) is 0 Å². The third-order valence-corrected chi connectivity index (χ3v) is 3.18. The summed E-state index contributed by atoms with van der Waals surface area (Å²) >= 11 is 0. The maximum Gasteiger partial charge on any atom is 0.291 e. The first-order valence-electron chi connectivity index (χ1n) is 7.59. The van der Waals surface area contributed by atoms with E-state index in [4.69, 9.17) is 4.42 Å². The molecule has 6 heteroatoms. The van der Waals surface area contributed by atoms with E-state index < -0.39 is 0 Å². The van der Waals surface area contributed by atoms with E-state index in [0.717, 1.165) is 5.69 Å². The van der Waals surface area contributed by atoms with Gasteiger partial charge in [-0.2, -0.15) is 0 Å². The minimum absolute atomic E-state index is 0.129. The first-order valence-corrected chi connectivity index (χ1v) is 7.59. The van der Waals surface area contributed by atoms with Crippen molar-refractivity contribution in [1.29, 1.82) is 0 Å². The predicted molar refractivity (Wildman–Crippen MR) is 86.9 cm³/mol. The van der Waals surface area contributed by atoms with Crippen molar-refractivity contribution in [1.82, 2.24) is 9.88 Å². The van der Waals surface area contributed by atoms with Crippen LogP contribution >= 0.6 is 0 Å². The number of para-hydroxylation sites is 1. The van der Waals surface area contributed by atoms with Gasteiger partial charge in [0.2, 0.25) is 11.7 Å². The van der Waals surface area contributed by atoms with Crippen molar-refractivity contribution in [3.05, 3.63) is 48.7 Å². The molecular formula is C17H21N3O3. The Morgan fingerprint density at radius 2 is 2.00 bits per heavy atom. The molecule has 122 valence electrons. The highest BCUT2D eigenvalue weighted by Gasteiger charge is 2.20. The van der Waals surface area contributed by atoms with E-state index in [1.165, 1.54) is 12.6 Å². The number of hydrogen-bond donors (Lipinski definition) is 1. The Balaban J connectivity index is 1.92. The van der Waals surface area contributed by atoms with Gasteiger partial charge in [0.15, 0.2) is 6.39 Å². The molecule has 2 amide bonds. The normalized spacial score (nSPS) is 10.6. The number of nitrogens with one attached hydrogen (secondary N) is 1. The molecule has 2 rings (SSSR count). The maximum atomic E-state index is 12.4. The first kappa shape index (κ1) is 16.7. The molecule has 0 aliphatic carbocycles. The third-order valence-electron chi connectivity index (χ3n) is 3.18. The number of aromatic nitrogens is 1. The molecular weight excluding hydrogens is 294 g/mol. The molecule has 0 saturated heterocycles. The fourth-order valence-corrected chi connectivity index (χ4v) is 2.18. The predicted octanol–water partition coefficient (Wildman–Crippen LogP) is 2.80. The number of carbonyl (C=O) groups excluding carboxylic acids is 2. The summed E-state index contributed by atoms with van der Waals surface area (Å²) in [5.74, 6) is 0.104. The molecule has 1 N–H and O–H groups in total. The smallest absolute Gasteiger partial charge is 0.291 e. The summed E-state index contributed by atoms with van der Waals surface area (Å²) in [5.41, 5.74) is 0.745. The quantitative estimate of drug-likeness (QED) is 0.852. The van der Waals surface area contributed by atoms with Crippen LogP contribution in [0.25, 0.3) is 0 Å². The van der Waals surface area contributed by atoms with Gasteiger partial charge in [0.05, 0.1) is 6.20 Å². The molecule has 0 spiro atoms. The standard InChI is InChI=1S/C17H21N3O3/c1-13(2)11-20(17(22)15-10-18-12-23-15)9-8-16(21)19-14-6-4-3-5-7-14/h3-7,10,12-13H,8-9,11H2,1-2H3,(H,19,21). The highest BCUT2D eigenvalue weighted by atomic mass is 16.3. The third kappa shape index (κ3) is 5.25. The van der Waals surface area contributed by atoms with Crippen LogP contribution in [0.15, 0.2) is 47.3 Å². The summed E-state index contributed by atoms with van der Waals surface area (Å²) in [7, 11) is 0. The van der Waals surface area contributed by atoms with Crippen molar-refractivity contribution < 1.29 is 14.0 Å². The lowest BCUT2D eigenvalue weighted by Gasteiger charge is -2.23. The molecule has 6 nitrogen and oxygen atoms in total. The van der Waals surface area contributed by atoms with Gasteiger partial charge in [-0.25, -0.2) is 4.98 Å². The zero-order chi connectivity index (χ0) is 16.7. The van der Waals surface area contributed by atoms with Gasteiger partial charge in [-0.05, 0) is 18.1 Å². The van der Waals surface area contributed by atoms with Crippen LogP contribution in [0.3, 0.4) is 0 Å². The molecule has 0 radical (unpaired) electrons. The maximum absolute atomic E-state index is 12.4. The zero-order valence-corrected chi connectivity index (χ0v) is 13.4. The average molecular weight is 315 g/mol. The molecule has 0 aliphatic rings. The van der Waals surface area contributed by atoms with Gasteiger partial charge in [-0.3, -0.25) is 9.59 Å². The summed E-state index contributed by atoms with van der Waals surface area (Å²) < 4.78 is 5.06. The molecule has 0 aliphatic heterocycles. The number of benzene rings is 1. The zero-order valence-electron chi connectivity index (χ0n) is 13.4. The lowest BCUT2D eigenvalue weighted by Crippen LogP contribution is -2.36. The Bertz CT molecular complexity index is 624. The number of oxazole rings is 1. The summed E-state index contributed by atoms with van der Waals surface area (Å²) in [4.78, 5) is 29.8. The number of hydrogen-bond acceptors (Lipinski definition) is 4. The molecule has 23 heavy (non-hydrogen) atoms. The van der Waals surface area contributed by atoms with Crippen LogP contribution in [-0.2, 0) is 4.79 Å². The van der Waals surface area contributed by atoms with E-state index in [9.17, 15) is 9.59 Å². The summed E-state index contributed by atoms with van der Waals surface area (Å²) in [6, 6.07) is 9.24. The van der Waals surface area contributed by atoms with Gasteiger partial charge in [0.25, 0.3) is 5.91 Å². The van der Waals surface area contributed by atoms with Crippen LogP contribution < -0.4 is 5.32 Å². The number of carbonyl (C=O) groups is 2. The number of nitrogens with zero attached hydrogens (tertiary/aromatic N) is 2. The fourth-order valence-electron chi connectivity index (χ4n) is 2.18. The Labute approximate surface area is 135 Å². The van der Waals surface area contributed by atoms with Crippen LogP contribution in [0, 0.1) is 5.92 Å². The van der Waals surface area contributed by atoms with Crippen LogP contribution in [0.5, 0.6) is 0 Å². The van der Waals surface area contributed by atoms with Crippen molar-refractivity contribution in [2.24, 2.45) is 5.92 Å². The monoisotopic (exact) mass is 315 g/mol. The van der Waals surface area contributed by atoms with Crippen LogP contribution in [0.2, 0.25) is 0 Å². The molecule has 0 fully saturated rings. The van der Waals surface area contributed by atoms with Crippen LogP contribution in [0.1, 0.15) is 30.8 Å². The highest BCUT2D eigenvalue weighted by molar-refractivity contribution is 5.93. The second-order valence-corrected chi connectivity index (χ2v) is 5.67. The molecule has 2 aromatic rings. The second-order valence-electron chi connectivity index (χ2n) is 5.67.